The smallest absolute Gasteiger partial charge is 0.273 e. The topological polar surface area (TPSA) is 73.6 Å². The lowest BCUT2D eigenvalue weighted by Gasteiger charge is -2.23. The van der Waals surface area contributed by atoms with Crippen molar-refractivity contribution in [1.29, 1.82) is 0 Å². The van der Waals surface area contributed by atoms with Gasteiger partial charge in [0.05, 0.1) is 22.1 Å². The number of halogens is 1. The monoisotopic (exact) mass is 316 g/mol. The van der Waals surface area contributed by atoms with Gasteiger partial charge in [0.15, 0.2) is 0 Å². The Bertz CT molecular complexity index is 435. The fraction of sp³-hybridized carbons (Fsp3) is 0.455. The van der Waals surface area contributed by atoms with Gasteiger partial charge in [0.2, 0.25) is 0 Å². The lowest BCUT2D eigenvalue weighted by atomic mass is 10.3. The molecule has 1 N–H and O–H groups in total. The van der Waals surface area contributed by atoms with E-state index in [1.807, 2.05) is 0 Å². The van der Waals surface area contributed by atoms with Crippen LogP contribution in [0.2, 0.25) is 0 Å². The largest absolute Gasteiger partial charge is 0.489 e. The SMILES string of the molecule is O=[N+]([O-])c1ccc(Br)c(OCC2CNCCO2)c1. The first-order valence-corrected chi connectivity index (χ1v) is 6.35. The minimum absolute atomic E-state index is 0.0101. The van der Waals surface area contributed by atoms with Crippen molar-refractivity contribution in [3.8, 4) is 5.75 Å². The van der Waals surface area contributed by atoms with E-state index >= 15 is 0 Å². The number of nitrogens with one attached hydrogen (secondary N) is 1. The Morgan fingerprint density at radius 2 is 2.44 bits per heavy atom. The van der Waals surface area contributed by atoms with Crippen molar-refractivity contribution < 1.29 is 14.4 Å². The number of hydrogen-bond donors (Lipinski definition) is 1. The standard InChI is InChI=1S/C11H13BrN2O4/c12-10-2-1-8(14(15)16)5-11(10)18-7-9-6-13-3-4-17-9/h1-2,5,9,13H,3-4,6-7H2. The molecule has 7 heteroatoms. The molecule has 0 saturated carbocycles. The summed E-state index contributed by atoms with van der Waals surface area (Å²) in [5.74, 6) is 0.457. The van der Waals surface area contributed by atoms with Crippen LogP contribution >= 0.6 is 15.9 Å². The van der Waals surface area contributed by atoms with Gasteiger partial charge in [-0.05, 0) is 22.0 Å². The number of nitro groups is 1. The second-order valence-electron chi connectivity index (χ2n) is 3.88. The Morgan fingerprint density at radius 3 is 3.11 bits per heavy atom. The van der Waals surface area contributed by atoms with Gasteiger partial charge in [-0.1, -0.05) is 0 Å². The Hall–Kier alpha value is -1.18. The van der Waals surface area contributed by atoms with Crippen molar-refractivity contribution in [2.45, 2.75) is 6.10 Å². The van der Waals surface area contributed by atoms with E-state index in [0.717, 1.165) is 13.1 Å². The highest BCUT2D eigenvalue weighted by Crippen LogP contribution is 2.29. The molecule has 1 unspecified atom stereocenters. The highest BCUT2D eigenvalue weighted by atomic mass is 79.9. The first kappa shape index (κ1) is 13.3. The molecule has 1 heterocycles. The minimum Gasteiger partial charge on any atom is -0.489 e. The molecule has 1 saturated heterocycles. The van der Waals surface area contributed by atoms with E-state index in [2.05, 4.69) is 21.2 Å². The van der Waals surface area contributed by atoms with Crippen LogP contribution in [0.25, 0.3) is 0 Å². The van der Waals surface area contributed by atoms with Gasteiger partial charge in [0.1, 0.15) is 18.5 Å². The fourth-order valence-electron chi connectivity index (χ4n) is 1.63. The van der Waals surface area contributed by atoms with Gasteiger partial charge in [-0.15, -0.1) is 0 Å². The van der Waals surface area contributed by atoms with E-state index in [1.165, 1.54) is 12.1 Å². The Balaban J connectivity index is 1.99. The maximum Gasteiger partial charge on any atom is 0.273 e. The summed E-state index contributed by atoms with van der Waals surface area (Å²) in [6.07, 6.45) is -0.0232. The maximum absolute atomic E-state index is 10.7. The van der Waals surface area contributed by atoms with Gasteiger partial charge >= 0.3 is 0 Å². The number of rotatable bonds is 4. The van der Waals surface area contributed by atoms with Crippen LogP contribution in [0.3, 0.4) is 0 Å². The highest BCUT2D eigenvalue weighted by Gasteiger charge is 2.16. The van der Waals surface area contributed by atoms with E-state index in [0.29, 0.717) is 23.4 Å². The quantitative estimate of drug-likeness (QED) is 0.676. The zero-order valence-electron chi connectivity index (χ0n) is 9.60. The van der Waals surface area contributed by atoms with Gasteiger partial charge in [-0.25, -0.2) is 0 Å². The molecule has 1 atom stereocenters. The van der Waals surface area contributed by atoms with Crippen molar-refractivity contribution in [2.75, 3.05) is 26.3 Å². The molecular formula is C11H13BrN2O4. The van der Waals surface area contributed by atoms with Gasteiger partial charge in [-0.2, -0.15) is 0 Å². The van der Waals surface area contributed by atoms with Crippen LogP contribution in [-0.2, 0) is 4.74 Å². The lowest BCUT2D eigenvalue weighted by Crippen LogP contribution is -2.41. The lowest BCUT2D eigenvalue weighted by molar-refractivity contribution is -0.385. The summed E-state index contributed by atoms with van der Waals surface area (Å²) in [5, 5.41) is 13.9. The van der Waals surface area contributed by atoms with E-state index in [9.17, 15) is 10.1 Å². The summed E-state index contributed by atoms with van der Waals surface area (Å²) in [5.41, 5.74) is 0.0101. The molecule has 1 aliphatic rings. The molecule has 0 spiro atoms. The van der Waals surface area contributed by atoms with Crippen molar-refractivity contribution in [2.24, 2.45) is 0 Å². The summed E-state index contributed by atoms with van der Waals surface area (Å²) in [6, 6.07) is 4.43. The molecule has 1 aromatic carbocycles. The Morgan fingerprint density at radius 1 is 1.61 bits per heavy atom. The van der Waals surface area contributed by atoms with Gasteiger partial charge in [0.25, 0.3) is 5.69 Å². The molecule has 2 rings (SSSR count). The van der Waals surface area contributed by atoms with E-state index in [1.54, 1.807) is 6.07 Å². The molecule has 0 bridgehead atoms. The summed E-state index contributed by atoms with van der Waals surface area (Å²) in [7, 11) is 0. The van der Waals surface area contributed by atoms with Crippen molar-refractivity contribution in [3.05, 3.63) is 32.8 Å². The first-order valence-electron chi connectivity index (χ1n) is 5.56. The number of nitrogens with zero attached hydrogens (tertiary/aromatic N) is 1. The average Bonchev–Trinajstić information content (AvgIpc) is 2.38. The molecule has 0 aromatic heterocycles. The molecule has 6 nitrogen and oxygen atoms in total. The van der Waals surface area contributed by atoms with Gasteiger partial charge in [0, 0.05) is 19.2 Å². The fourth-order valence-corrected chi connectivity index (χ4v) is 1.99. The molecule has 1 aliphatic heterocycles. The molecular weight excluding hydrogens is 304 g/mol. The van der Waals surface area contributed by atoms with Gasteiger partial charge in [-0.3, -0.25) is 10.1 Å². The molecule has 18 heavy (non-hydrogen) atoms. The third-order valence-electron chi connectivity index (χ3n) is 2.55. The first-order chi connectivity index (χ1) is 8.66. The second-order valence-corrected chi connectivity index (χ2v) is 4.73. The minimum atomic E-state index is -0.446. The molecule has 0 aliphatic carbocycles. The van der Waals surface area contributed by atoms with E-state index in [-0.39, 0.29) is 11.8 Å². The predicted octanol–water partition coefficient (Wildman–Crippen LogP) is 1.72. The molecule has 1 aromatic rings. The third-order valence-corrected chi connectivity index (χ3v) is 3.21. The number of nitro benzene ring substituents is 1. The van der Waals surface area contributed by atoms with Crippen LogP contribution in [0.5, 0.6) is 5.75 Å². The number of hydrogen-bond acceptors (Lipinski definition) is 5. The molecule has 1 fully saturated rings. The normalized spacial score (nSPS) is 19.5. The third kappa shape index (κ3) is 3.41. The van der Waals surface area contributed by atoms with Crippen LogP contribution in [-0.4, -0.2) is 37.3 Å². The van der Waals surface area contributed by atoms with Crippen LogP contribution in [0.15, 0.2) is 22.7 Å². The van der Waals surface area contributed by atoms with Crippen LogP contribution in [0, 0.1) is 10.1 Å². The summed E-state index contributed by atoms with van der Waals surface area (Å²) in [6.45, 7) is 2.60. The summed E-state index contributed by atoms with van der Waals surface area (Å²) < 4.78 is 11.7. The van der Waals surface area contributed by atoms with Gasteiger partial charge < -0.3 is 14.8 Å². The van der Waals surface area contributed by atoms with E-state index < -0.39 is 4.92 Å². The van der Waals surface area contributed by atoms with Crippen LogP contribution in [0.4, 0.5) is 5.69 Å². The zero-order chi connectivity index (χ0) is 13.0. The second kappa shape index (κ2) is 6.12. The van der Waals surface area contributed by atoms with Crippen LogP contribution < -0.4 is 10.1 Å². The van der Waals surface area contributed by atoms with E-state index in [4.69, 9.17) is 9.47 Å². The summed E-state index contributed by atoms with van der Waals surface area (Å²) in [4.78, 5) is 10.2. The number of non-ortho nitro benzene ring substituents is 1. The molecule has 0 radical (unpaired) electrons. The predicted molar refractivity (Wildman–Crippen MR) is 68.9 cm³/mol. The number of benzene rings is 1. The maximum atomic E-state index is 10.7. The molecule has 98 valence electrons. The highest BCUT2D eigenvalue weighted by molar-refractivity contribution is 9.10. The molecule has 0 amide bonds. The van der Waals surface area contributed by atoms with Crippen molar-refractivity contribution in [1.82, 2.24) is 5.32 Å². The van der Waals surface area contributed by atoms with Crippen LogP contribution in [0.1, 0.15) is 0 Å². The Labute approximate surface area is 113 Å². The summed E-state index contributed by atoms with van der Waals surface area (Å²) >= 11 is 3.30. The number of morpholine rings is 1. The Kier molecular flexibility index (Phi) is 4.51. The van der Waals surface area contributed by atoms with Crippen molar-refractivity contribution in [3.63, 3.8) is 0 Å². The zero-order valence-corrected chi connectivity index (χ0v) is 11.2. The van der Waals surface area contributed by atoms with Crippen molar-refractivity contribution >= 4 is 21.6 Å². The average molecular weight is 317 g/mol. The number of ether oxygens (including phenoxy) is 2.